The zero-order valence-electron chi connectivity index (χ0n) is 14.2. The summed E-state index contributed by atoms with van der Waals surface area (Å²) in [6.07, 6.45) is 0.942. The lowest BCUT2D eigenvalue weighted by Gasteiger charge is -2.26. The van der Waals surface area contributed by atoms with Crippen LogP contribution in [-0.2, 0) is 16.0 Å². The van der Waals surface area contributed by atoms with E-state index in [1.807, 2.05) is 13.0 Å². The first-order valence-electron chi connectivity index (χ1n) is 8.04. The number of carbonyl (C=O) groups is 1. The number of para-hydroxylation sites is 1. The highest BCUT2D eigenvalue weighted by molar-refractivity contribution is 8.04. The minimum atomic E-state index is -0.254. The lowest BCUT2D eigenvalue weighted by atomic mass is 9.97. The number of ether oxygens (including phenoxy) is 1. The Kier molecular flexibility index (Phi) is 4.95. The molecule has 0 aromatic heterocycles. The molecule has 0 N–H and O–H groups in total. The number of rotatable bonds is 4. The van der Waals surface area contributed by atoms with Crippen LogP contribution in [0.2, 0.25) is 0 Å². The van der Waals surface area contributed by atoms with Crippen LogP contribution in [0, 0.1) is 0 Å². The smallest absolute Gasteiger partial charge is 0.346 e. The number of carbonyl (C=O) groups excluding carboxylic acids is 1. The first kappa shape index (κ1) is 16.7. The normalized spacial score (nSPS) is 14.2. The second kappa shape index (κ2) is 7.14. The summed E-state index contributed by atoms with van der Waals surface area (Å²) in [5.41, 5.74) is 5.82. The van der Waals surface area contributed by atoms with Crippen LogP contribution in [0.5, 0.6) is 0 Å². The van der Waals surface area contributed by atoms with Crippen molar-refractivity contribution in [2.45, 2.75) is 20.3 Å². The van der Waals surface area contributed by atoms with Gasteiger partial charge in [0, 0.05) is 11.3 Å². The number of anilines is 1. The lowest BCUT2D eigenvalue weighted by Crippen LogP contribution is -2.19. The van der Waals surface area contributed by atoms with Crippen molar-refractivity contribution in [3.8, 4) is 11.1 Å². The maximum atomic E-state index is 12.0. The van der Waals surface area contributed by atoms with Crippen molar-refractivity contribution in [2.24, 2.45) is 0 Å². The quantitative estimate of drug-likeness (QED) is 0.746. The van der Waals surface area contributed by atoms with E-state index >= 15 is 0 Å². The Morgan fingerprint density at radius 2 is 1.92 bits per heavy atom. The Bertz CT molecular complexity index is 783. The molecule has 0 saturated carbocycles. The summed E-state index contributed by atoms with van der Waals surface area (Å²) in [7, 11) is 1.43. The number of aryl methyl sites for hydroxylation is 1. The maximum absolute atomic E-state index is 12.0. The third kappa shape index (κ3) is 2.94. The molecule has 0 radical (unpaired) electrons. The number of esters is 1. The van der Waals surface area contributed by atoms with Crippen molar-refractivity contribution in [2.75, 3.05) is 17.9 Å². The van der Waals surface area contributed by atoms with Crippen LogP contribution in [0.3, 0.4) is 0 Å². The van der Waals surface area contributed by atoms with Gasteiger partial charge in [-0.3, -0.25) is 0 Å². The van der Waals surface area contributed by atoms with E-state index in [-0.39, 0.29) is 5.97 Å². The van der Waals surface area contributed by atoms with Gasteiger partial charge in [0.25, 0.3) is 0 Å². The van der Waals surface area contributed by atoms with Crippen LogP contribution in [0.25, 0.3) is 11.1 Å². The summed E-state index contributed by atoms with van der Waals surface area (Å²) in [5, 5.41) is 0. The fourth-order valence-corrected chi connectivity index (χ4v) is 4.13. The van der Waals surface area contributed by atoms with E-state index in [0.29, 0.717) is 4.91 Å². The average Bonchev–Trinajstić information content (AvgIpc) is 3.02. The highest BCUT2D eigenvalue weighted by Gasteiger charge is 2.29. The molecule has 0 spiro atoms. The van der Waals surface area contributed by atoms with E-state index in [1.54, 1.807) is 11.8 Å². The Hall–Kier alpha value is -2.20. The molecule has 0 fully saturated rings. The molecule has 2 aromatic carbocycles. The summed E-state index contributed by atoms with van der Waals surface area (Å²) >= 11 is 1.54. The van der Waals surface area contributed by atoms with Gasteiger partial charge < -0.3 is 9.64 Å². The van der Waals surface area contributed by atoms with Crippen LogP contribution in [0.1, 0.15) is 19.4 Å². The molecule has 124 valence electrons. The van der Waals surface area contributed by atoms with Gasteiger partial charge in [0.2, 0.25) is 0 Å². The van der Waals surface area contributed by atoms with Crippen molar-refractivity contribution in [1.29, 1.82) is 0 Å². The average molecular weight is 339 g/mol. The SMILES string of the molecule is CCc1cccc(-c2ccccc2)c1N1CSC(C(=O)OC)=C1C. The zero-order chi connectivity index (χ0) is 17.1. The van der Waals surface area contributed by atoms with Crippen LogP contribution >= 0.6 is 11.8 Å². The molecule has 0 saturated heterocycles. The Labute approximate surface area is 147 Å². The summed E-state index contributed by atoms with van der Waals surface area (Å²) in [4.78, 5) is 14.9. The molecule has 1 aliphatic heterocycles. The van der Waals surface area contributed by atoms with Gasteiger partial charge in [-0.15, -0.1) is 0 Å². The molecule has 4 heteroatoms. The molecule has 1 heterocycles. The van der Waals surface area contributed by atoms with Gasteiger partial charge in [-0.1, -0.05) is 67.2 Å². The number of hydrogen-bond acceptors (Lipinski definition) is 4. The highest BCUT2D eigenvalue weighted by Crippen LogP contribution is 2.42. The van der Waals surface area contributed by atoms with Crippen LogP contribution in [0.4, 0.5) is 5.69 Å². The predicted octanol–water partition coefficient (Wildman–Crippen LogP) is 4.83. The summed E-state index contributed by atoms with van der Waals surface area (Å²) in [6.45, 7) is 4.16. The number of allylic oxidation sites excluding steroid dienone is 1. The van der Waals surface area contributed by atoms with Crippen molar-refractivity contribution in [1.82, 2.24) is 0 Å². The second-order valence-electron chi connectivity index (χ2n) is 5.64. The number of benzene rings is 2. The van der Waals surface area contributed by atoms with Crippen molar-refractivity contribution in [3.63, 3.8) is 0 Å². The van der Waals surface area contributed by atoms with E-state index in [9.17, 15) is 4.79 Å². The third-order valence-corrected chi connectivity index (χ3v) is 5.44. The van der Waals surface area contributed by atoms with Gasteiger partial charge in [0.05, 0.1) is 18.7 Å². The van der Waals surface area contributed by atoms with Crippen LogP contribution < -0.4 is 4.90 Å². The van der Waals surface area contributed by atoms with E-state index in [0.717, 1.165) is 18.0 Å². The van der Waals surface area contributed by atoms with E-state index in [4.69, 9.17) is 4.74 Å². The molecular weight excluding hydrogens is 318 g/mol. The van der Waals surface area contributed by atoms with Gasteiger partial charge >= 0.3 is 5.97 Å². The largest absolute Gasteiger partial charge is 0.465 e. The number of methoxy groups -OCH3 is 1. The fourth-order valence-electron chi connectivity index (χ4n) is 3.03. The first-order valence-corrected chi connectivity index (χ1v) is 9.02. The van der Waals surface area contributed by atoms with Crippen molar-refractivity contribution < 1.29 is 9.53 Å². The van der Waals surface area contributed by atoms with E-state index in [2.05, 4.69) is 54.3 Å². The molecule has 3 rings (SSSR count). The van der Waals surface area contributed by atoms with Crippen molar-refractivity contribution in [3.05, 3.63) is 64.7 Å². The minimum Gasteiger partial charge on any atom is -0.465 e. The molecule has 0 bridgehead atoms. The van der Waals surface area contributed by atoms with Gasteiger partial charge in [0.15, 0.2) is 0 Å². The monoisotopic (exact) mass is 339 g/mol. The highest BCUT2D eigenvalue weighted by atomic mass is 32.2. The third-order valence-electron chi connectivity index (χ3n) is 4.30. The van der Waals surface area contributed by atoms with Gasteiger partial charge in [0.1, 0.15) is 4.91 Å². The first-order chi connectivity index (χ1) is 11.7. The molecule has 0 amide bonds. The zero-order valence-corrected chi connectivity index (χ0v) is 15.0. The molecule has 1 aliphatic rings. The Morgan fingerprint density at radius 1 is 1.17 bits per heavy atom. The molecule has 0 aliphatic carbocycles. The van der Waals surface area contributed by atoms with E-state index in [1.165, 1.54) is 29.5 Å². The van der Waals surface area contributed by atoms with Gasteiger partial charge in [-0.2, -0.15) is 0 Å². The molecule has 24 heavy (non-hydrogen) atoms. The Balaban J connectivity index is 2.14. The molecule has 2 aromatic rings. The fraction of sp³-hybridized carbons (Fsp3) is 0.250. The lowest BCUT2D eigenvalue weighted by molar-refractivity contribution is -0.135. The Morgan fingerprint density at radius 3 is 2.58 bits per heavy atom. The topological polar surface area (TPSA) is 29.5 Å². The number of thioether (sulfide) groups is 1. The van der Waals surface area contributed by atoms with Gasteiger partial charge in [-0.25, -0.2) is 4.79 Å². The number of hydrogen-bond donors (Lipinski definition) is 0. The predicted molar refractivity (Wildman–Crippen MR) is 101 cm³/mol. The number of nitrogens with zero attached hydrogens (tertiary/aromatic N) is 1. The van der Waals surface area contributed by atoms with E-state index < -0.39 is 0 Å². The molecule has 0 unspecified atom stereocenters. The minimum absolute atomic E-state index is 0.254. The summed E-state index contributed by atoms with van der Waals surface area (Å²) in [6, 6.07) is 16.8. The molecule has 0 atom stereocenters. The molecular formula is C20H21NO2S. The standard InChI is InChI=1S/C20H21NO2S/c1-4-15-11-8-12-17(16-9-6-5-7-10-16)18(15)21-13-24-19(14(21)2)20(22)23-3/h5-12H,4,13H2,1-3H3. The second-order valence-corrected chi connectivity index (χ2v) is 6.60. The van der Waals surface area contributed by atoms with Gasteiger partial charge in [-0.05, 0) is 24.5 Å². The van der Waals surface area contributed by atoms with Crippen molar-refractivity contribution >= 4 is 23.4 Å². The van der Waals surface area contributed by atoms with Crippen LogP contribution in [0.15, 0.2) is 59.1 Å². The van der Waals surface area contributed by atoms with Crippen LogP contribution in [-0.4, -0.2) is 19.0 Å². The maximum Gasteiger partial charge on any atom is 0.346 e. The molecule has 3 nitrogen and oxygen atoms in total. The summed E-state index contributed by atoms with van der Waals surface area (Å²) in [5.74, 6) is 0.475. The summed E-state index contributed by atoms with van der Waals surface area (Å²) < 4.78 is 4.92.